The Labute approximate surface area is 127 Å². The monoisotopic (exact) mass is 300 g/mol. The van der Waals surface area contributed by atoms with Gasteiger partial charge in [0.05, 0.1) is 4.92 Å². The summed E-state index contributed by atoms with van der Waals surface area (Å²) in [6.07, 6.45) is -0.721. The van der Waals surface area contributed by atoms with Crippen LogP contribution in [0.15, 0.2) is 48.5 Å². The number of rotatable bonds is 5. The van der Waals surface area contributed by atoms with E-state index in [1.807, 2.05) is 25.1 Å². The van der Waals surface area contributed by atoms with E-state index in [9.17, 15) is 14.9 Å². The first-order chi connectivity index (χ1) is 10.5. The normalized spacial score (nSPS) is 11.5. The number of anilines is 1. The van der Waals surface area contributed by atoms with E-state index in [4.69, 9.17) is 4.74 Å². The third-order valence-corrected chi connectivity index (χ3v) is 3.00. The lowest BCUT2D eigenvalue weighted by atomic mass is 10.2. The second-order valence-electron chi connectivity index (χ2n) is 4.87. The number of hydrogen-bond donors (Lipinski definition) is 1. The van der Waals surface area contributed by atoms with Gasteiger partial charge in [-0.2, -0.15) is 0 Å². The number of nitrogens with one attached hydrogen (secondary N) is 1. The molecule has 0 aliphatic carbocycles. The highest BCUT2D eigenvalue weighted by Crippen LogP contribution is 2.18. The second kappa shape index (κ2) is 6.71. The zero-order chi connectivity index (χ0) is 16.1. The topological polar surface area (TPSA) is 81.5 Å². The molecule has 2 aromatic rings. The highest BCUT2D eigenvalue weighted by atomic mass is 16.6. The number of hydrogen-bond acceptors (Lipinski definition) is 4. The number of nitro benzene ring substituents is 1. The average Bonchev–Trinajstić information content (AvgIpc) is 2.47. The van der Waals surface area contributed by atoms with Crippen LogP contribution in [-0.4, -0.2) is 16.9 Å². The fourth-order valence-corrected chi connectivity index (χ4v) is 1.89. The average molecular weight is 300 g/mol. The van der Waals surface area contributed by atoms with Crippen molar-refractivity contribution in [1.82, 2.24) is 0 Å². The molecular formula is C16H16N2O4. The Bertz CT molecular complexity index is 700. The molecule has 6 heteroatoms. The molecule has 0 saturated heterocycles. The SMILES string of the molecule is Cc1cccc(O[C@H](C)C(=O)Nc2cccc([N+](=O)[O-])c2)c1. The molecule has 0 heterocycles. The van der Waals surface area contributed by atoms with Crippen LogP contribution in [0.3, 0.4) is 0 Å². The zero-order valence-corrected chi connectivity index (χ0v) is 12.3. The molecule has 0 fully saturated rings. The van der Waals surface area contributed by atoms with Crippen LogP contribution in [0.2, 0.25) is 0 Å². The summed E-state index contributed by atoms with van der Waals surface area (Å²) in [6.45, 7) is 3.55. The van der Waals surface area contributed by atoms with Gasteiger partial charge in [0, 0.05) is 17.8 Å². The van der Waals surface area contributed by atoms with Crippen LogP contribution in [0.5, 0.6) is 5.75 Å². The number of carbonyl (C=O) groups excluding carboxylic acids is 1. The van der Waals surface area contributed by atoms with E-state index in [0.717, 1.165) is 5.56 Å². The maximum atomic E-state index is 12.1. The largest absolute Gasteiger partial charge is 0.481 e. The minimum Gasteiger partial charge on any atom is -0.481 e. The van der Waals surface area contributed by atoms with Crippen molar-refractivity contribution in [3.8, 4) is 5.75 Å². The summed E-state index contributed by atoms with van der Waals surface area (Å²) in [7, 11) is 0. The predicted octanol–water partition coefficient (Wildman–Crippen LogP) is 3.31. The highest BCUT2D eigenvalue weighted by Gasteiger charge is 2.16. The number of non-ortho nitro benzene ring substituents is 1. The number of nitrogens with zero attached hydrogens (tertiary/aromatic N) is 1. The van der Waals surface area contributed by atoms with E-state index < -0.39 is 11.0 Å². The maximum Gasteiger partial charge on any atom is 0.271 e. The molecule has 0 saturated carbocycles. The molecule has 0 aliphatic rings. The molecule has 0 aromatic heterocycles. The fourth-order valence-electron chi connectivity index (χ4n) is 1.89. The van der Waals surface area contributed by atoms with Crippen molar-refractivity contribution in [3.05, 3.63) is 64.2 Å². The van der Waals surface area contributed by atoms with Crippen molar-refractivity contribution in [1.29, 1.82) is 0 Å². The van der Waals surface area contributed by atoms with Crippen LogP contribution in [0.1, 0.15) is 12.5 Å². The molecule has 2 aromatic carbocycles. The van der Waals surface area contributed by atoms with Gasteiger partial charge in [-0.3, -0.25) is 14.9 Å². The summed E-state index contributed by atoms with van der Waals surface area (Å²) in [5, 5.41) is 13.3. The number of benzene rings is 2. The summed E-state index contributed by atoms with van der Waals surface area (Å²) >= 11 is 0. The van der Waals surface area contributed by atoms with Gasteiger partial charge in [-0.25, -0.2) is 0 Å². The van der Waals surface area contributed by atoms with Crippen LogP contribution in [0, 0.1) is 17.0 Å². The molecule has 0 aliphatic heterocycles. The van der Waals surface area contributed by atoms with Crippen LogP contribution in [0.25, 0.3) is 0 Å². The van der Waals surface area contributed by atoms with Crippen molar-refractivity contribution in [2.24, 2.45) is 0 Å². The van der Waals surface area contributed by atoms with E-state index >= 15 is 0 Å². The third kappa shape index (κ3) is 4.05. The lowest BCUT2D eigenvalue weighted by Crippen LogP contribution is -2.30. The number of amides is 1. The number of carbonyl (C=O) groups is 1. The Balaban J connectivity index is 2.02. The number of nitro groups is 1. The minimum absolute atomic E-state index is 0.0787. The summed E-state index contributed by atoms with van der Waals surface area (Å²) in [5.74, 6) is 0.226. The Hall–Kier alpha value is -2.89. The van der Waals surface area contributed by atoms with Crippen molar-refractivity contribution < 1.29 is 14.5 Å². The Morgan fingerprint density at radius 2 is 1.95 bits per heavy atom. The molecule has 114 valence electrons. The molecule has 0 bridgehead atoms. The smallest absolute Gasteiger partial charge is 0.271 e. The van der Waals surface area contributed by atoms with Gasteiger partial charge in [0.25, 0.3) is 11.6 Å². The van der Waals surface area contributed by atoms with Crippen molar-refractivity contribution in [3.63, 3.8) is 0 Å². The summed E-state index contributed by atoms with van der Waals surface area (Å²) in [4.78, 5) is 22.3. The van der Waals surface area contributed by atoms with Gasteiger partial charge in [-0.05, 0) is 37.6 Å². The van der Waals surface area contributed by atoms with E-state index in [1.165, 1.54) is 18.2 Å². The lowest BCUT2D eigenvalue weighted by Gasteiger charge is -2.15. The quantitative estimate of drug-likeness (QED) is 0.678. The van der Waals surface area contributed by atoms with Gasteiger partial charge in [0.2, 0.25) is 0 Å². The summed E-state index contributed by atoms with van der Waals surface area (Å²) < 4.78 is 5.56. The molecule has 1 atom stereocenters. The molecule has 1 amide bonds. The van der Waals surface area contributed by atoms with Gasteiger partial charge >= 0.3 is 0 Å². The molecule has 22 heavy (non-hydrogen) atoms. The second-order valence-corrected chi connectivity index (χ2v) is 4.87. The van der Waals surface area contributed by atoms with Crippen molar-refractivity contribution >= 4 is 17.3 Å². The van der Waals surface area contributed by atoms with Gasteiger partial charge in [0.1, 0.15) is 5.75 Å². The first kappa shape index (κ1) is 15.5. The zero-order valence-electron chi connectivity index (χ0n) is 12.3. The molecule has 0 unspecified atom stereocenters. The van der Waals surface area contributed by atoms with Crippen LogP contribution in [0.4, 0.5) is 11.4 Å². The Kier molecular flexibility index (Phi) is 4.73. The minimum atomic E-state index is -0.721. The Morgan fingerprint density at radius 1 is 1.23 bits per heavy atom. The summed E-state index contributed by atoms with van der Waals surface area (Å²) in [5.41, 5.74) is 1.31. The van der Waals surface area contributed by atoms with E-state index in [0.29, 0.717) is 11.4 Å². The molecule has 0 radical (unpaired) electrons. The molecule has 0 spiro atoms. The van der Waals surface area contributed by atoms with E-state index in [-0.39, 0.29) is 11.6 Å². The first-order valence-corrected chi connectivity index (χ1v) is 6.74. The van der Waals surface area contributed by atoms with Crippen LogP contribution < -0.4 is 10.1 Å². The van der Waals surface area contributed by atoms with Gasteiger partial charge < -0.3 is 10.1 Å². The van der Waals surface area contributed by atoms with E-state index in [2.05, 4.69) is 5.32 Å². The third-order valence-electron chi connectivity index (χ3n) is 3.00. The summed E-state index contributed by atoms with van der Waals surface area (Å²) in [6, 6.07) is 13.1. The van der Waals surface area contributed by atoms with Gasteiger partial charge in [0.15, 0.2) is 6.10 Å². The molecule has 2 rings (SSSR count). The van der Waals surface area contributed by atoms with Crippen molar-refractivity contribution in [2.75, 3.05) is 5.32 Å². The maximum absolute atomic E-state index is 12.1. The lowest BCUT2D eigenvalue weighted by molar-refractivity contribution is -0.384. The molecule has 1 N–H and O–H groups in total. The molecular weight excluding hydrogens is 284 g/mol. The first-order valence-electron chi connectivity index (χ1n) is 6.74. The van der Waals surface area contributed by atoms with Crippen LogP contribution in [-0.2, 0) is 4.79 Å². The highest BCUT2D eigenvalue weighted by molar-refractivity contribution is 5.94. The number of aryl methyl sites for hydroxylation is 1. The standard InChI is InChI=1S/C16H16N2O4/c1-11-5-3-8-15(9-11)22-12(2)16(19)17-13-6-4-7-14(10-13)18(20)21/h3-10,12H,1-2H3,(H,17,19)/t12-/m1/s1. The Morgan fingerprint density at radius 3 is 2.64 bits per heavy atom. The number of ether oxygens (including phenoxy) is 1. The molecule has 6 nitrogen and oxygen atoms in total. The van der Waals surface area contributed by atoms with Gasteiger partial charge in [-0.15, -0.1) is 0 Å². The van der Waals surface area contributed by atoms with E-state index in [1.54, 1.807) is 19.1 Å². The van der Waals surface area contributed by atoms with Gasteiger partial charge in [-0.1, -0.05) is 18.2 Å². The predicted molar refractivity (Wildman–Crippen MR) is 83.0 cm³/mol. The fraction of sp³-hybridized carbons (Fsp3) is 0.188. The van der Waals surface area contributed by atoms with Crippen molar-refractivity contribution in [2.45, 2.75) is 20.0 Å². The van der Waals surface area contributed by atoms with Crippen LogP contribution >= 0.6 is 0 Å².